The van der Waals surface area contributed by atoms with Crippen molar-refractivity contribution in [3.63, 3.8) is 0 Å². The van der Waals surface area contributed by atoms with Crippen LogP contribution in [-0.4, -0.2) is 73.3 Å². The molecule has 0 spiro atoms. The molecule has 1 aromatic heterocycles. The van der Waals surface area contributed by atoms with Crippen LogP contribution < -0.4 is 15.5 Å². The predicted molar refractivity (Wildman–Crippen MR) is 139 cm³/mol. The number of likely N-dealkylation sites (tertiary alicyclic amines) is 1. The summed E-state index contributed by atoms with van der Waals surface area (Å²) in [5, 5.41) is 15.5. The van der Waals surface area contributed by atoms with Crippen LogP contribution in [0, 0.1) is 5.41 Å². The number of urea groups is 1. The van der Waals surface area contributed by atoms with Crippen LogP contribution in [0.4, 0.5) is 20.3 Å². The van der Waals surface area contributed by atoms with Gasteiger partial charge in [-0.3, -0.25) is 4.79 Å². The molecular weight excluding hydrogens is 480 g/mol. The number of ketones is 1. The average molecular weight is 513 g/mol. The van der Waals surface area contributed by atoms with Crippen molar-refractivity contribution in [1.82, 2.24) is 10.2 Å². The molecular formula is C26H32N4O5S. The summed E-state index contributed by atoms with van der Waals surface area (Å²) in [6.07, 6.45) is 0.887. The molecule has 1 aliphatic carbocycles. The molecule has 0 bridgehead atoms. The number of hydrogen-bond donors (Lipinski definition) is 3. The highest BCUT2D eigenvalue weighted by molar-refractivity contribution is 7.19. The van der Waals surface area contributed by atoms with Gasteiger partial charge < -0.3 is 30.3 Å². The van der Waals surface area contributed by atoms with E-state index in [1.54, 1.807) is 16.2 Å². The topological polar surface area (TPSA) is 111 Å². The number of carbonyl (C=O) groups excluding carboxylic acids is 2. The summed E-state index contributed by atoms with van der Waals surface area (Å²) in [4.78, 5) is 41.7. The Kier molecular flexibility index (Phi) is 6.65. The molecule has 0 radical (unpaired) electrons. The lowest BCUT2D eigenvalue weighted by molar-refractivity contribution is 0.0917. The van der Waals surface area contributed by atoms with Gasteiger partial charge in [-0.2, -0.15) is 0 Å². The van der Waals surface area contributed by atoms with Gasteiger partial charge in [0.25, 0.3) is 0 Å². The molecule has 192 valence electrons. The first-order valence-corrected chi connectivity index (χ1v) is 13.2. The van der Waals surface area contributed by atoms with E-state index in [1.807, 2.05) is 24.3 Å². The second-order valence-corrected chi connectivity index (χ2v) is 11.5. The van der Waals surface area contributed by atoms with Crippen LogP contribution in [0.2, 0.25) is 0 Å². The molecule has 36 heavy (non-hydrogen) atoms. The molecule has 10 heteroatoms. The third-order valence-corrected chi connectivity index (χ3v) is 8.37. The van der Waals surface area contributed by atoms with Gasteiger partial charge in [0.2, 0.25) is 0 Å². The van der Waals surface area contributed by atoms with E-state index in [9.17, 15) is 14.4 Å². The van der Waals surface area contributed by atoms with Crippen molar-refractivity contribution in [3.05, 3.63) is 34.7 Å². The first-order chi connectivity index (χ1) is 17.2. The fraction of sp³-hybridized carbons (Fsp3) is 0.500. The number of thiophene rings is 1. The number of morpholine rings is 1. The molecule has 1 atom stereocenters. The summed E-state index contributed by atoms with van der Waals surface area (Å²) in [6.45, 7) is 7.99. The SMILES string of the molecule is CC1(C)CC(=O)c2sc(N3CCOCC3)c(-c3cccc(NC(=O)N4CCC(NC(=O)O)C4)c3)c2C1. The summed E-state index contributed by atoms with van der Waals surface area (Å²) in [6, 6.07) is 7.28. The van der Waals surface area contributed by atoms with Crippen molar-refractivity contribution in [2.45, 2.75) is 39.2 Å². The maximum atomic E-state index is 13.1. The molecule has 3 amide bonds. The number of benzene rings is 1. The van der Waals surface area contributed by atoms with E-state index >= 15 is 0 Å². The minimum absolute atomic E-state index is 0.107. The number of anilines is 2. The summed E-state index contributed by atoms with van der Waals surface area (Å²) in [5.41, 5.74) is 3.73. The molecule has 0 saturated carbocycles. The molecule has 1 unspecified atom stereocenters. The highest BCUT2D eigenvalue weighted by Crippen LogP contribution is 2.49. The van der Waals surface area contributed by atoms with Gasteiger partial charge in [0, 0.05) is 43.9 Å². The maximum absolute atomic E-state index is 13.1. The fourth-order valence-corrected chi connectivity index (χ4v) is 6.71. The van der Waals surface area contributed by atoms with Crippen LogP contribution in [0.3, 0.4) is 0 Å². The number of Topliss-reactive ketones (excluding diaryl/α,β-unsaturated/α-hetero) is 1. The van der Waals surface area contributed by atoms with Crippen molar-refractivity contribution in [1.29, 1.82) is 0 Å². The molecule has 2 fully saturated rings. The van der Waals surface area contributed by atoms with Gasteiger partial charge in [-0.05, 0) is 41.5 Å². The van der Waals surface area contributed by atoms with E-state index in [4.69, 9.17) is 9.84 Å². The highest BCUT2D eigenvalue weighted by atomic mass is 32.1. The van der Waals surface area contributed by atoms with Crippen molar-refractivity contribution in [3.8, 4) is 11.1 Å². The minimum Gasteiger partial charge on any atom is -0.465 e. The first-order valence-electron chi connectivity index (χ1n) is 12.4. The Morgan fingerprint density at radius 2 is 1.94 bits per heavy atom. The lowest BCUT2D eigenvalue weighted by atomic mass is 9.75. The Morgan fingerprint density at radius 1 is 1.17 bits per heavy atom. The van der Waals surface area contributed by atoms with Crippen molar-refractivity contribution >= 4 is 39.9 Å². The average Bonchev–Trinajstić information content (AvgIpc) is 3.44. The van der Waals surface area contributed by atoms with Crippen molar-refractivity contribution in [2.24, 2.45) is 5.41 Å². The minimum atomic E-state index is -1.08. The fourth-order valence-electron chi connectivity index (χ4n) is 5.38. The van der Waals surface area contributed by atoms with E-state index in [-0.39, 0.29) is 23.3 Å². The first kappa shape index (κ1) is 24.6. The lowest BCUT2D eigenvalue weighted by Gasteiger charge is -2.30. The smallest absolute Gasteiger partial charge is 0.404 e. The quantitative estimate of drug-likeness (QED) is 0.564. The Balaban J connectivity index is 1.44. The van der Waals surface area contributed by atoms with Crippen LogP contribution in [-0.2, 0) is 11.2 Å². The van der Waals surface area contributed by atoms with E-state index < -0.39 is 6.09 Å². The number of fused-ring (bicyclic) bond motifs is 1. The number of nitrogens with zero attached hydrogens (tertiary/aromatic N) is 2. The second-order valence-electron chi connectivity index (χ2n) is 10.5. The van der Waals surface area contributed by atoms with Gasteiger partial charge in [-0.15, -0.1) is 11.3 Å². The van der Waals surface area contributed by atoms with Gasteiger partial charge in [0.1, 0.15) is 0 Å². The Morgan fingerprint density at radius 3 is 2.69 bits per heavy atom. The molecule has 2 saturated heterocycles. The van der Waals surface area contributed by atoms with Crippen LogP contribution in [0.1, 0.15) is 41.9 Å². The van der Waals surface area contributed by atoms with Crippen LogP contribution in [0.15, 0.2) is 24.3 Å². The normalized spacial score (nSPS) is 21.3. The highest BCUT2D eigenvalue weighted by Gasteiger charge is 2.37. The number of hydrogen-bond acceptors (Lipinski definition) is 6. The third kappa shape index (κ3) is 5.05. The van der Waals surface area contributed by atoms with E-state index in [0.717, 1.165) is 46.1 Å². The van der Waals surface area contributed by atoms with Gasteiger partial charge in [-0.25, -0.2) is 9.59 Å². The molecule has 9 nitrogen and oxygen atoms in total. The summed E-state index contributed by atoms with van der Waals surface area (Å²) in [7, 11) is 0. The second kappa shape index (κ2) is 9.74. The molecule has 3 N–H and O–H groups in total. The summed E-state index contributed by atoms with van der Waals surface area (Å²) in [5.74, 6) is 0.204. The van der Waals surface area contributed by atoms with Crippen molar-refractivity contribution < 1.29 is 24.2 Å². The van der Waals surface area contributed by atoms with Crippen molar-refractivity contribution in [2.75, 3.05) is 49.6 Å². The van der Waals surface area contributed by atoms with Gasteiger partial charge in [-0.1, -0.05) is 26.0 Å². The molecule has 1 aromatic carbocycles. The predicted octanol–water partition coefficient (Wildman–Crippen LogP) is 4.28. The summed E-state index contributed by atoms with van der Waals surface area (Å²) < 4.78 is 5.57. The number of rotatable bonds is 4. The Bertz CT molecular complexity index is 1190. The molecule has 2 aromatic rings. The number of carboxylic acid groups (broad SMARTS) is 1. The van der Waals surface area contributed by atoms with Crippen LogP contribution in [0.25, 0.3) is 11.1 Å². The van der Waals surface area contributed by atoms with Crippen LogP contribution in [0.5, 0.6) is 0 Å². The number of carbonyl (C=O) groups is 3. The largest absolute Gasteiger partial charge is 0.465 e. The van der Waals surface area contributed by atoms with E-state index in [1.165, 1.54) is 0 Å². The number of ether oxygens (including phenoxy) is 1. The Labute approximate surface area is 214 Å². The molecule has 3 heterocycles. The van der Waals surface area contributed by atoms with E-state index in [2.05, 4.69) is 29.4 Å². The van der Waals surface area contributed by atoms with Gasteiger partial charge in [0.05, 0.1) is 29.1 Å². The molecule has 3 aliphatic rings. The van der Waals surface area contributed by atoms with Gasteiger partial charge in [0.15, 0.2) is 5.78 Å². The lowest BCUT2D eigenvalue weighted by Crippen LogP contribution is -2.39. The number of nitrogens with one attached hydrogen (secondary N) is 2. The third-order valence-electron chi connectivity index (χ3n) is 7.04. The standard InChI is InChI=1S/C26H32N4O5S/c1-26(2)13-19-21(23(29-8-10-35-11-9-29)36-22(19)20(31)14-26)16-4-3-5-17(12-16)27-24(32)30-7-6-18(15-30)28-25(33)34/h3-5,12,18,28H,6-11,13-15H2,1-2H3,(H,27,32)(H,33,34). The number of amides is 3. The Hall–Kier alpha value is -3.11. The zero-order valence-electron chi connectivity index (χ0n) is 20.6. The maximum Gasteiger partial charge on any atom is 0.404 e. The zero-order valence-corrected chi connectivity index (χ0v) is 21.5. The van der Waals surface area contributed by atoms with E-state index in [0.29, 0.717) is 44.8 Å². The molecule has 5 rings (SSSR count). The van der Waals surface area contributed by atoms with Gasteiger partial charge >= 0.3 is 12.1 Å². The monoisotopic (exact) mass is 512 g/mol. The summed E-state index contributed by atoms with van der Waals surface area (Å²) >= 11 is 1.59. The zero-order chi connectivity index (χ0) is 25.4. The van der Waals surface area contributed by atoms with Crippen LogP contribution >= 0.6 is 11.3 Å². The molecule has 2 aliphatic heterocycles.